The Bertz CT molecular complexity index is 630. The number of hydrogen-bond acceptors (Lipinski definition) is 5. The first kappa shape index (κ1) is 14.2. The third-order valence-corrected chi connectivity index (χ3v) is 5.49. The Morgan fingerprint density at radius 1 is 1.23 bits per heavy atom. The molecule has 0 saturated heterocycles. The molecule has 4 nitrogen and oxygen atoms in total. The van der Waals surface area contributed by atoms with E-state index in [4.69, 9.17) is 15.7 Å². The molecular formula is C17H22N4S. The minimum Gasteiger partial charge on any atom is -0.370 e. The number of nitrogens with two attached hydrogens (primary N) is 1. The van der Waals surface area contributed by atoms with Crippen molar-refractivity contribution in [3.63, 3.8) is 0 Å². The first-order chi connectivity index (χ1) is 10.8. The van der Waals surface area contributed by atoms with E-state index >= 15 is 0 Å². The van der Waals surface area contributed by atoms with Crippen molar-refractivity contribution in [2.45, 2.75) is 50.0 Å². The van der Waals surface area contributed by atoms with Crippen LogP contribution in [0, 0.1) is 0 Å². The SMILES string of the molecule is NC1CC(c2cc(NCCc3cccs3)nc(C3CC3)n2)C1. The number of hydrogen-bond donors (Lipinski definition) is 2. The van der Waals surface area contributed by atoms with E-state index in [9.17, 15) is 0 Å². The minimum atomic E-state index is 0.361. The molecule has 2 aliphatic rings. The van der Waals surface area contributed by atoms with Crippen LogP contribution in [0.1, 0.15) is 53.9 Å². The van der Waals surface area contributed by atoms with E-state index in [1.165, 1.54) is 23.4 Å². The maximum absolute atomic E-state index is 5.93. The second-order valence-corrected chi connectivity index (χ2v) is 7.53. The van der Waals surface area contributed by atoms with E-state index in [0.717, 1.165) is 37.4 Å². The minimum absolute atomic E-state index is 0.361. The zero-order valence-electron chi connectivity index (χ0n) is 12.7. The summed E-state index contributed by atoms with van der Waals surface area (Å²) in [6.45, 7) is 0.922. The number of aromatic nitrogens is 2. The van der Waals surface area contributed by atoms with E-state index in [2.05, 4.69) is 28.9 Å². The maximum atomic E-state index is 5.93. The highest BCUT2D eigenvalue weighted by molar-refractivity contribution is 7.09. The molecule has 2 saturated carbocycles. The molecule has 0 bridgehead atoms. The second-order valence-electron chi connectivity index (χ2n) is 6.50. The Hall–Kier alpha value is -1.46. The lowest BCUT2D eigenvalue weighted by Gasteiger charge is -2.32. The summed E-state index contributed by atoms with van der Waals surface area (Å²) in [6, 6.07) is 6.79. The number of nitrogens with zero attached hydrogens (tertiary/aromatic N) is 2. The number of thiophene rings is 1. The third kappa shape index (κ3) is 3.15. The fraction of sp³-hybridized carbons (Fsp3) is 0.529. The Labute approximate surface area is 135 Å². The number of nitrogens with one attached hydrogen (secondary N) is 1. The van der Waals surface area contributed by atoms with Gasteiger partial charge in [0.15, 0.2) is 0 Å². The second kappa shape index (κ2) is 5.97. The van der Waals surface area contributed by atoms with E-state index in [1.54, 1.807) is 0 Å². The lowest BCUT2D eigenvalue weighted by atomic mass is 9.78. The summed E-state index contributed by atoms with van der Waals surface area (Å²) in [6.07, 6.45) is 5.65. The van der Waals surface area contributed by atoms with Gasteiger partial charge in [0.05, 0.1) is 0 Å². The molecule has 0 aliphatic heterocycles. The van der Waals surface area contributed by atoms with Crippen LogP contribution in [-0.4, -0.2) is 22.6 Å². The van der Waals surface area contributed by atoms with Crippen LogP contribution in [0.2, 0.25) is 0 Å². The van der Waals surface area contributed by atoms with Crippen molar-refractivity contribution >= 4 is 17.2 Å². The van der Waals surface area contributed by atoms with Gasteiger partial charge in [-0.05, 0) is 43.6 Å². The molecule has 0 radical (unpaired) electrons. The Morgan fingerprint density at radius 2 is 2.09 bits per heavy atom. The predicted octanol–water partition coefficient (Wildman–Crippen LogP) is 3.27. The van der Waals surface area contributed by atoms with Crippen molar-refractivity contribution in [3.8, 4) is 0 Å². The summed E-state index contributed by atoms with van der Waals surface area (Å²) < 4.78 is 0. The topological polar surface area (TPSA) is 63.8 Å². The quantitative estimate of drug-likeness (QED) is 0.859. The highest BCUT2D eigenvalue weighted by Gasteiger charge is 2.32. The Kier molecular flexibility index (Phi) is 3.84. The molecule has 4 rings (SSSR count). The molecule has 2 heterocycles. The summed E-state index contributed by atoms with van der Waals surface area (Å²) in [5.41, 5.74) is 7.12. The van der Waals surface area contributed by atoms with Gasteiger partial charge >= 0.3 is 0 Å². The van der Waals surface area contributed by atoms with Gasteiger partial charge in [-0.15, -0.1) is 11.3 Å². The molecular weight excluding hydrogens is 292 g/mol. The summed E-state index contributed by atoms with van der Waals surface area (Å²) in [5.74, 6) is 3.15. The largest absolute Gasteiger partial charge is 0.370 e. The highest BCUT2D eigenvalue weighted by Crippen LogP contribution is 2.41. The van der Waals surface area contributed by atoms with Gasteiger partial charge in [-0.2, -0.15) is 0 Å². The Morgan fingerprint density at radius 3 is 2.77 bits per heavy atom. The highest BCUT2D eigenvalue weighted by atomic mass is 32.1. The lowest BCUT2D eigenvalue weighted by molar-refractivity contribution is 0.344. The van der Waals surface area contributed by atoms with Crippen molar-refractivity contribution in [1.82, 2.24) is 9.97 Å². The summed E-state index contributed by atoms with van der Waals surface area (Å²) in [5, 5.41) is 5.61. The number of rotatable bonds is 6. The molecule has 0 atom stereocenters. The first-order valence-electron chi connectivity index (χ1n) is 8.18. The Balaban J connectivity index is 1.45. The van der Waals surface area contributed by atoms with Crippen LogP contribution in [0.5, 0.6) is 0 Å². The van der Waals surface area contributed by atoms with Crippen LogP contribution < -0.4 is 11.1 Å². The van der Waals surface area contributed by atoms with Gasteiger partial charge in [0, 0.05) is 41.1 Å². The monoisotopic (exact) mass is 314 g/mol. The van der Waals surface area contributed by atoms with Gasteiger partial charge < -0.3 is 11.1 Å². The standard InChI is InChI=1S/C17H22N4S/c18-13-8-12(9-13)15-10-16(21-17(20-15)11-3-4-11)19-6-5-14-2-1-7-22-14/h1-2,7,10-13H,3-6,8-9,18H2,(H,19,20,21). The number of anilines is 1. The fourth-order valence-corrected chi connectivity index (χ4v) is 3.69. The van der Waals surface area contributed by atoms with Crippen LogP contribution in [0.3, 0.4) is 0 Å². The molecule has 2 aromatic rings. The molecule has 22 heavy (non-hydrogen) atoms. The van der Waals surface area contributed by atoms with E-state index < -0.39 is 0 Å². The third-order valence-electron chi connectivity index (χ3n) is 4.56. The van der Waals surface area contributed by atoms with Gasteiger partial charge in [0.1, 0.15) is 11.6 Å². The van der Waals surface area contributed by atoms with Crippen LogP contribution >= 0.6 is 11.3 Å². The molecule has 3 N–H and O–H groups in total. The van der Waals surface area contributed by atoms with Crippen molar-refractivity contribution in [1.29, 1.82) is 0 Å². The van der Waals surface area contributed by atoms with Crippen LogP contribution in [-0.2, 0) is 6.42 Å². The summed E-state index contributed by atoms with van der Waals surface area (Å²) in [4.78, 5) is 10.9. The average molecular weight is 314 g/mol. The molecule has 5 heteroatoms. The van der Waals surface area contributed by atoms with Gasteiger partial charge in [-0.25, -0.2) is 9.97 Å². The predicted molar refractivity (Wildman–Crippen MR) is 90.5 cm³/mol. The molecule has 2 aromatic heterocycles. The zero-order chi connectivity index (χ0) is 14.9. The average Bonchev–Trinajstić information content (AvgIpc) is 3.22. The smallest absolute Gasteiger partial charge is 0.134 e. The normalized spacial score (nSPS) is 24.0. The molecule has 2 fully saturated rings. The van der Waals surface area contributed by atoms with E-state index in [1.807, 2.05) is 11.3 Å². The lowest BCUT2D eigenvalue weighted by Crippen LogP contribution is -2.35. The van der Waals surface area contributed by atoms with Crippen molar-refractivity contribution in [2.24, 2.45) is 5.73 Å². The van der Waals surface area contributed by atoms with E-state index in [0.29, 0.717) is 17.9 Å². The molecule has 116 valence electrons. The first-order valence-corrected chi connectivity index (χ1v) is 9.06. The molecule has 0 aromatic carbocycles. The van der Waals surface area contributed by atoms with Crippen LogP contribution in [0.15, 0.2) is 23.6 Å². The van der Waals surface area contributed by atoms with Gasteiger partial charge in [-0.3, -0.25) is 0 Å². The van der Waals surface area contributed by atoms with Crippen LogP contribution in [0.25, 0.3) is 0 Å². The van der Waals surface area contributed by atoms with E-state index in [-0.39, 0.29) is 0 Å². The van der Waals surface area contributed by atoms with Gasteiger partial charge in [0.2, 0.25) is 0 Å². The molecule has 2 aliphatic carbocycles. The van der Waals surface area contributed by atoms with Gasteiger partial charge in [-0.1, -0.05) is 6.07 Å². The summed E-state index contributed by atoms with van der Waals surface area (Å²) >= 11 is 1.81. The van der Waals surface area contributed by atoms with Crippen LogP contribution in [0.4, 0.5) is 5.82 Å². The summed E-state index contributed by atoms with van der Waals surface area (Å²) in [7, 11) is 0. The molecule has 0 amide bonds. The fourth-order valence-electron chi connectivity index (χ4n) is 2.98. The van der Waals surface area contributed by atoms with Crippen molar-refractivity contribution in [3.05, 3.63) is 40.0 Å². The zero-order valence-corrected chi connectivity index (χ0v) is 13.5. The molecule has 0 unspecified atom stereocenters. The van der Waals surface area contributed by atoms with Gasteiger partial charge in [0.25, 0.3) is 0 Å². The molecule has 0 spiro atoms. The van der Waals surface area contributed by atoms with Crippen molar-refractivity contribution < 1.29 is 0 Å². The van der Waals surface area contributed by atoms with Crippen molar-refractivity contribution in [2.75, 3.05) is 11.9 Å². The maximum Gasteiger partial charge on any atom is 0.134 e.